The van der Waals surface area contributed by atoms with Crippen molar-refractivity contribution in [1.29, 1.82) is 0 Å². The maximum Gasteiger partial charge on any atom is 0.338 e. The third kappa shape index (κ3) is 4.74. The van der Waals surface area contributed by atoms with Gasteiger partial charge in [0.1, 0.15) is 11.4 Å². The predicted molar refractivity (Wildman–Crippen MR) is 132 cm³/mol. The third-order valence-corrected chi connectivity index (χ3v) is 5.95. The zero-order valence-electron chi connectivity index (χ0n) is 20.1. The van der Waals surface area contributed by atoms with Gasteiger partial charge in [0, 0.05) is 0 Å². The maximum absolute atomic E-state index is 13.1. The normalized spacial score (nSPS) is 12.2. The summed E-state index contributed by atoms with van der Waals surface area (Å²) in [7, 11) is 1.35. The molecule has 1 aliphatic heterocycles. The molecule has 4 rings (SSSR count). The van der Waals surface area contributed by atoms with E-state index in [9.17, 15) is 29.3 Å². The molecule has 1 aliphatic rings. The first-order valence-corrected chi connectivity index (χ1v) is 11.0. The van der Waals surface area contributed by atoms with E-state index in [0.29, 0.717) is 5.69 Å². The second kappa shape index (κ2) is 9.90. The molecule has 3 amide bonds. The van der Waals surface area contributed by atoms with E-state index in [1.54, 1.807) is 12.1 Å². The van der Waals surface area contributed by atoms with E-state index in [0.717, 1.165) is 22.1 Å². The Morgan fingerprint density at radius 3 is 2.43 bits per heavy atom. The summed E-state index contributed by atoms with van der Waals surface area (Å²) < 4.78 is 9.97. The highest BCUT2D eigenvalue weighted by molar-refractivity contribution is 6.35. The molecule has 11 nitrogen and oxygen atoms in total. The van der Waals surface area contributed by atoms with Gasteiger partial charge in [-0.2, -0.15) is 0 Å². The Morgan fingerprint density at radius 1 is 1.00 bits per heavy atom. The summed E-state index contributed by atoms with van der Waals surface area (Å²) in [6.07, 6.45) is 0. The highest BCUT2D eigenvalue weighted by Crippen LogP contribution is 2.32. The van der Waals surface area contributed by atoms with Crippen molar-refractivity contribution in [3.8, 4) is 5.75 Å². The summed E-state index contributed by atoms with van der Waals surface area (Å²) in [4.78, 5) is 62.5. The fraction of sp³-hybridized carbons (Fsp3) is 0.154. The van der Waals surface area contributed by atoms with Crippen LogP contribution in [0.4, 0.5) is 17.1 Å². The lowest BCUT2D eigenvalue weighted by molar-refractivity contribution is -0.384. The van der Waals surface area contributed by atoms with Crippen molar-refractivity contribution in [2.75, 3.05) is 23.9 Å². The van der Waals surface area contributed by atoms with Gasteiger partial charge < -0.3 is 14.8 Å². The second-order valence-corrected chi connectivity index (χ2v) is 8.19. The Balaban J connectivity index is 1.47. The minimum atomic E-state index is -0.910. The number of aryl methyl sites for hydroxylation is 1. The molecule has 0 radical (unpaired) electrons. The number of methoxy groups -OCH3 is 1. The van der Waals surface area contributed by atoms with E-state index >= 15 is 0 Å². The Hall–Kier alpha value is -5.06. The maximum atomic E-state index is 13.1. The van der Waals surface area contributed by atoms with Crippen molar-refractivity contribution < 1.29 is 33.6 Å². The van der Waals surface area contributed by atoms with Crippen molar-refractivity contribution in [1.82, 2.24) is 0 Å². The lowest BCUT2D eigenvalue weighted by Crippen LogP contribution is -2.30. The van der Waals surface area contributed by atoms with Crippen molar-refractivity contribution >= 4 is 40.8 Å². The summed E-state index contributed by atoms with van der Waals surface area (Å²) >= 11 is 0. The number of carbonyl (C=O) groups excluding carboxylic acids is 4. The number of anilines is 2. The number of amides is 3. The van der Waals surface area contributed by atoms with Crippen molar-refractivity contribution in [2.45, 2.75) is 13.8 Å². The zero-order chi connectivity index (χ0) is 26.9. The average molecular weight is 503 g/mol. The Kier molecular flexibility index (Phi) is 6.70. The topological polar surface area (TPSA) is 145 Å². The Labute approximate surface area is 210 Å². The second-order valence-electron chi connectivity index (χ2n) is 8.19. The molecule has 0 unspecified atom stereocenters. The van der Waals surface area contributed by atoms with E-state index < -0.39 is 40.9 Å². The van der Waals surface area contributed by atoms with E-state index in [1.165, 1.54) is 37.4 Å². The molecular weight excluding hydrogens is 482 g/mol. The number of imide groups is 1. The van der Waals surface area contributed by atoms with Gasteiger partial charge in [-0.3, -0.25) is 24.5 Å². The first-order valence-electron chi connectivity index (χ1n) is 11.0. The summed E-state index contributed by atoms with van der Waals surface area (Å²) in [6.45, 7) is 2.94. The molecule has 0 fully saturated rings. The summed E-state index contributed by atoms with van der Waals surface area (Å²) in [5, 5.41) is 13.6. The number of hydrogen-bond acceptors (Lipinski definition) is 8. The molecular formula is C26H21N3O8. The van der Waals surface area contributed by atoms with Crippen LogP contribution in [0.25, 0.3) is 0 Å². The van der Waals surface area contributed by atoms with E-state index in [-0.39, 0.29) is 28.1 Å². The first-order chi connectivity index (χ1) is 17.6. The molecule has 11 heteroatoms. The number of nitro groups is 1. The number of nitro benzene ring substituents is 1. The molecule has 3 aromatic rings. The van der Waals surface area contributed by atoms with Crippen LogP contribution in [-0.2, 0) is 9.53 Å². The van der Waals surface area contributed by atoms with E-state index in [2.05, 4.69) is 5.32 Å². The largest absolute Gasteiger partial charge is 0.496 e. The predicted octanol–water partition coefficient (Wildman–Crippen LogP) is 3.82. The molecule has 0 bridgehead atoms. The number of hydrogen-bond donors (Lipinski definition) is 1. The van der Waals surface area contributed by atoms with Crippen LogP contribution in [0.15, 0.2) is 54.6 Å². The molecule has 0 spiro atoms. The number of benzene rings is 3. The molecule has 3 aromatic carbocycles. The van der Waals surface area contributed by atoms with Crippen LogP contribution in [0.5, 0.6) is 5.75 Å². The Bertz CT molecular complexity index is 1480. The van der Waals surface area contributed by atoms with Crippen LogP contribution in [0, 0.1) is 24.0 Å². The van der Waals surface area contributed by atoms with Gasteiger partial charge in [0.15, 0.2) is 6.61 Å². The number of nitrogens with zero attached hydrogens (tertiary/aromatic N) is 2. The van der Waals surface area contributed by atoms with Crippen molar-refractivity contribution in [2.24, 2.45) is 0 Å². The van der Waals surface area contributed by atoms with Crippen LogP contribution in [-0.4, -0.2) is 42.3 Å². The van der Waals surface area contributed by atoms with Crippen LogP contribution >= 0.6 is 0 Å². The minimum absolute atomic E-state index is 0.0362. The zero-order valence-corrected chi connectivity index (χ0v) is 20.1. The standard InChI is InChI=1S/C26H21N3O8/c1-14-5-4-6-21(15(14)2)28-24(31)18-9-7-16(11-19(18)25(28)32)26(33)37-13-23(30)27-20-10-8-17(36-3)12-22(20)29(34)35/h4-12H,13H2,1-3H3,(H,27,30). The number of carbonyl (C=O) groups is 4. The highest BCUT2D eigenvalue weighted by Gasteiger charge is 2.38. The quantitative estimate of drug-likeness (QED) is 0.222. The first kappa shape index (κ1) is 25.0. The molecule has 0 saturated heterocycles. The Morgan fingerprint density at radius 2 is 1.73 bits per heavy atom. The molecule has 0 aliphatic carbocycles. The van der Waals surface area contributed by atoms with E-state index in [1.807, 2.05) is 19.9 Å². The van der Waals surface area contributed by atoms with E-state index in [4.69, 9.17) is 9.47 Å². The van der Waals surface area contributed by atoms with Gasteiger partial charge in [-0.1, -0.05) is 12.1 Å². The smallest absolute Gasteiger partial charge is 0.338 e. The number of rotatable bonds is 7. The molecule has 0 saturated carbocycles. The molecule has 1 heterocycles. The molecule has 188 valence electrons. The highest BCUT2D eigenvalue weighted by atomic mass is 16.6. The van der Waals surface area contributed by atoms with Gasteiger partial charge in [-0.25, -0.2) is 9.69 Å². The number of nitrogens with one attached hydrogen (secondary N) is 1. The molecule has 0 atom stereocenters. The molecule has 1 N–H and O–H groups in total. The van der Waals surface area contributed by atoms with Gasteiger partial charge in [-0.15, -0.1) is 0 Å². The summed E-state index contributed by atoms with van der Waals surface area (Å²) in [5.74, 6) is -2.57. The lowest BCUT2D eigenvalue weighted by Gasteiger charge is -2.17. The number of esters is 1. The molecule has 0 aromatic heterocycles. The van der Waals surface area contributed by atoms with Gasteiger partial charge in [0.05, 0.1) is 40.5 Å². The van der Waals surface area contributed by atoms with Crippen molar-refractivity contribution in [3.05, 3.63) is 92.5 Å². The number of fused-ring (bicyclic) bond motifs is 1. The van der Waals surface area contributed by atoms with Gasteiger partial charge in [-0.05, 0) is 61.4 Å². The minimum Gasteiger partial charge on any atom is -0.496 e. The van der Waals surface area contributed by atoms with Crippen LogP contribution in [0.1, 0.15) is 42.2 Å². The van der Waals surface area contributed by atoms with Crippen LogP contribution in [0.2, 0.25) is 0 Å². The third-order valence-electron chi connectivity index (χ3n) is 5.95. The average Bonchev–Trinajstić information content (AvgIpc) is 3.13. The summed E-state index contributed by atoms with van der Waals surface area (Å²) in [6, 6.07) is 13.1. The monoisotopic (exact) mass is 503 g/mol. The fourth-order valence-electron chi connectivity index (χ4n) is 3.86. The summed E-state index contributed by atoms with van der Waals surface area (Å²) in [5.41, 5.74) is 1.81. The van der Waals surface area contributed by atoms with Gasteiger partial charge in [0.25, 0.3) is 23.4 Å². The van der Waals surface area contributed by atoms with Crippen LogP contribution < -0.4 is 15.0 Å². The number of ether oxygens (including phenoxy) is 2. The van der Waals surface area contributed by atoms with Gasteiger partial charge >= 0.3 is 5.97 Å². The fourth-order valence-corrected chi connectivity index (χ4v) is 3.86. The van der Waals surface area contributed by atoms with Crippen LogP contribution in [0.3, 0.4) is 0 Å². The lowest BCUT2D eigenvalue weighted by atomic mass is 10.1. The van der Waals surface area contributed by atoms with Crippen molar-refractivity contribution in [3.63, 3.8) is 0 Å². The van der Waals surface area contributed by atoms with Gasteiger partial charge in [0.2, 0.25) is 0 Å². The SMILES string of the molecule is COc1ccc(NC(=O)COC(=O)c2ccc3c(c2)C(=O)N(c2cccc(C)c2C)C3=O)c([N+](=O)[O-])c1. The molecule has 37 heavy (non-hydrogen) atoms.